The Labute approximate surface area is 110 Å². The molecule has 0 aromatic rings. The van der Waals surface area contributed by atoms with Gasteiger partial charge in [0.05, 0.1) is 7.11 Å². The van der Waals surface area contributed by atoms with E-state index < -0.39 is 11.9 Å². The average molecular weight is 276 g/mol. The minimum Gasteiger partial charge on any atom is -0.481 e. The SMILES string of the molecule is COC(=N)/C=C/C(=O)OCCN1CCC(F)(F)CC1. The second-order valence-electron chi connectivity index (χ2n) is 4.27. The summed E-state index contributed by atoms with van der Waals surface area (Å²) in [6, 6.07) is 0. The van der Waals surface area contributed by atoms with Crippen LogP contribution in [0.5, 0.6) is 0 Å². The summed E-state index contributed by atoms with van der Waals surface area (Å²) in [5, 5.41) is 7.11. The van der Waals surface area contributed by atoms with E-state index >= 15 is 0 Å². The molecule has 0 spiro atoms. The molecule has 108 valence electrons. The van der Waals surface area contributed by atoms with Crippen molar-refractivity contribution in [3.05, 3.63) is 12.2 Å². The largest absolute Gasteiger partial charge is 0.481 e. The molecule has 0 radical (unpaired) electrons. The van der Waals surface area contributed by atoms with Gasteiger partial charge in [-0.3, -0.25) is 10.3 Å². The van der Waals surface area contributed by atoms with Gasteiger partial charge < -0.3 is 9.47 Å². The predicted octanol–water partition coefficient (Wildman–Crippen LogP) is 1.44. The fourth-order valence-electron chi connectivity index (χ4n) is 1.64. The van der Waals surface area contributed by atoms with Crippen LogP contribution in [0, 0.1) is 5.41 Å². The van der Waals surface area contributed by atoms with Gasteiger partial charge in [0, 0.05) is 44.6 Å². The maximum atomic E-state index is 12.9. The van der Waals surface area contributed by atoms with Gasteiger partial charge >= 0.3 is 5.97 Å². The first kappa shape index (κ1) is 15.6. The number of carbonyl (C=O) groups is 1. The molecule has 1 saturated heterocycles. The number of halogens is 2. The summed E-state index contributed by atoms with van der Waals surface area (Å²) in [5.41, 5.74) is 0. The molecule has 1 aliphatic heterocycles. The van der Waals surface area contributed by atoms with Crippen LogP contribution in [0.2, 0.25) is 0 Å². The second kappa shape index (κ2) is 7.18. The molecule has 0 aliphatic carbocycles. The first-order valence-electron chi connectivity index (χ1n) is 6.00. The summed E-state index contributed by atoms with van der Waals surface area (Å²) < 4.78 is 35.2. The smallest absolute Gasteiger partial charge is 0.330 e. The van der Waals surface area contributed by atoms with E-state index in [0.717, 1.165) is 6.08 Å². The molecule has 0 saturated carbocycles. The van der Waals surface area contributed by atoms with Crippen molar-refractivity contribution in [1.29, 1.82) is 5.41 Å². The number of piperidine rings is 1. The molecule has 0 amide bonds. The number of methoxy groups -OCH3 is 1. The Bertz CT molecular complexity index is 349. The second-order valence-corrected chi connectivity index (χ2v) is 4.27. The van der Waals surface area contributed by atoms with Crippen LogP contribution in [-0.2, 0) is 14.3 Å². The van der Waals surface area contributed by atoms with Crippen LogP contribution >= 0.6 is 0 Å². The van der Waals surface area contributed by atoms with Crippen molar-refractivity contribution < 1.29 is 23.0 Å². The molecule has 1 fully saturated rings. The van der Waals surface area contributed by atoms with Crippen molar-refractivity contribution in [3.63, 3.8) is 0 Å². The van der Waals surface area contributed by atoms with Gasteiger partial charge in [0.25, 0.3) is 5.92 Å². The summed E-state index contributed by atoms with van der Waals surface area (Å²) in [7, 11) is 1.32. The highest BCUT2D eigenvalue weighted by atomic mass is 19.3. The number of likely N-dealkylation sites (tertiary alicyclic amines) is 1. The van der Waals surface area contributed by atoms with Gasteiger partial charge in [-0.1, -0.05) is 0 Å². The lowest BCUT2D eigenvalue weighted by Gasteiger charge is -2.31. The van der Waals surface area contributed by atoms with Gasteiger partial charge in [-0.25, -0.2) is 13.6 Å². The van der Waals surface area contributed by atoms with Crippen LogP contribution in [0.1, 0.15) is 12.8 Å². The van der Waals surface area contributed by atoms with Crippen molar-refractivity contribution in [2.24, 2.45) is 0 Å². The molecular weight excluding hydrogens is 258 g/mol. The lowest BCUT2D eigenvalue weighted by molar-refractivity contribution is -0.138. The monoisotopic (exact) mass is 276 g/mol. The number of nitrogens with one attached hydrogen (secondary N) is 1. The van der Waals surface area contributed by atoms with Crippen molar-refractivity contribution in [3.8, 4) is 0 Å². The van der Waals surface area contributed by atoms with E-state index in [0.29, 0.717) is 19.6 Å². The van der Waals surface area contributed by atoms with Crippen molar-refractivity contribution in [1.82, 2.24) is 4.90 Å². The third-order valence-corrected chi connectivity index (χ3v) is 2.83. The number of hydrogen-bond acceptors (Lipinski definition) is 5. The Morgan fingerprint density at radius 2 is 2.00 bits per heavy atom. The van der Waals surface area contributed by atoms with E-state index in [-0.39, 0.29) is 25.3 Å². The highest BCUT2D eigenvalue weighted by Gasteiger charge is 2.33. The Hall–Kier alpha value is -1.50. The fourth-order valence-corrected chi connectivity index (χ4v) is 1.64. The number of carbonyl (C=O) groups excluding carboxylic acids is 1. The molecule has 1 heterocycles. The number of nitrogens with zero attached hydrogens (tertiary/aromatic N) is 1. The van der Waals surface area contributed by atoms with Crippen molar-refractivity contribution >= 4 is 11.9 Å². The molecule has 5 nitrogen and oxygen atoms in total. The average Bonchev–Trinajstić information content (AvgIpc) is 2.38. The lowest BCUT2D eigenvalue weighted by Crippen LogP contribution is -2.40. The molecule has 0 bridgehead atoms. The molecule has 0 aromatic carbocycles. The minimum absolute atomic E-state index is 0.143. The third-order valence-electron chi connectivity index (χ3n) is 2.83. The molecule has 1 N–H and O–H groups in total. The van der Waals surface area contributed by atoms with Crippen LogP contribution in [0.3, 0.4) is 0 Å². The molecule has 0 unspecified atom stereocenters. The zero-order chi connectivity index (χ0) is 14.3. The summed E-state index contributed by atoms with van der Waals surface area (Å²) in [4.78, 5) is 13.0. The van der Waals surface area contributed by atoms with E-state index in [2.05, 4.69) is 4.74 Å². The number of ether oxygens (including phenoxy) is 2. The molecule has 19 heavy (non-hydrogen) atoms. The maximum Gasteiger partial charge on any atom is 0.330 e. The summed E-state index contributed by atoms with van der Waals surface area (Å²) >= 11 is 0. The molecule has 0 atom stereocenters. The topological polar surface area (TPSA) is 62.6 Å². The highest BCUT2D eigenvalue weighted by Crippen LogP contribution is 2.27. The fraction of sp³-hybridized carbons (Fsp3) is 0.667. The van der Waals surface area contributed by atoms with Crippen LogP contribution < -0.4 is 0 Å². The Balaban J connectivity index is 2.16. The van der Waals surface area contributed by atoms with E-state index in [1.807, 2.05) is 4.90 Å². The van der Waals surface area contributed by atoms with E-state index in [4.69, 9.17) is 10.1 Å². The Morgan fingerprint density at radius 1 is 1.37 bits per heavy atom. The van der Waals surface area contributed by atoms with Crippen molar-refractivity contribution in [2.45, 2.75) is 18.8 Å². The van der Waals surface area contributed by atoms with E-state index in [1.54, 1.807) is 0 Å². The van der Waals surface area contributed by atoms with Crippen LogP contribution in [-0.4, -0.2) is 56.0 Å². The lowest BCUT2D eigenvalue weighted by atomic mass is 10.1. The molecule has 1 aliphatic rings. The van der Waals surface area contributed by atoms with Gasteiger partial charge in [-0.15, -0.1) is 0 Å². The van der Waals surface area contributed by atoms with Crippen LogP contribution in [0.4, 0.5) is 8.78 Å². The Morgan fingerprint density at radius 3 is 2.58 bits per heavy atom. The van der Waals surface area contributed by atoms with Crippen molar-refractivity contribution in [2.75, 3.05) is 33.4 Å². The van der Waals surface area contributed by atoms with E-state index in [9.17, 15) is 13.6 Å². The van der Waals surface area contributed by atoms with Gasteiger partial charge in [0.1, 0.15) is 6.61 Å². The standard InChI is InChI=1S/C12H18F2N2O3/c1-18-10(15)2-3-11(17)19-9-8-16-6-4-12(13,14)5-7-16/h2-3,15H,4-9H2,1H3/b3-2+,15-10?. The highest BCUT2D eigenvalue weighted by molar-refractivity contribution is 5.92. The third kappa shape index (κ3) is 6.28. The quantitative estimate of drug-likeness (QED) is 0.357. The van der Waals surface area contributed by atoms with Gasteiger partial charge in [-0.2, -0.15) is 0 Å². The zero-order valence-corrected chi connectivity index (χ0v) is 10.8. The van der Waals surface area contributed by atoms with E-state index in [1.165, 1.54) is 13.2 Å². The molecular formula is C12H18F2N2O3. The van der Waals surface area contributed by atoms with Crippen LogP contribution in [0.15, 0.2) is 12.2 Å². The van der Waals surface area contributed by atoms with Gasteiger partial charge in [-0.05, 0) is 0 Å². The number of hydrogen-bond donors (Lipinski definition) is 1. The first-order valence-corrected chi connectivity index (χ1v) is 6.00. The van der Waals surface area contributed by atoms with Gasteiger partial charge in [0.2, 0.25) is 5.90 Å². The number of alkyl halides is 2. The molecule has 1 rings (SSSR count). The summed E-state index contributed by atoms with van der Waals surface area (Å²) in [5.74, 6) is -3.28. The maximum absolute atomic E-state index is 12.9. The van der Waals surface area contributed by atoms with Gasteiger partial charge in [0.15, 0.2) is 0 Å². The Kier molecular flexibility index (Phi) is 5.88. The number of rotatable bonds is 5. The number of esters is 1. The summed E-state index contributed by atoms with van der Waals surface area (Å²) in [6.07, 6.45) is 1.98. The summed E-state index contributed by atoms with van der Waals surface area (Å²) in [6.45, 7) is 1.22. The molecule has 7 heteroatoms. The predicted molar refractivity (Wildman–Crippen MR) is 65.5 cm³/mol. The zero-order valence-electron chi connectivity index (χ0n) is 10.8. The molecule has 0 aromatic heterocycles. The van der Waals surface area contributed by atoms with Crippen LogP contribution in [0.25, 0.3) is 0 Å². The normalized spacial score (nSPS) is 19.3. The first-order chi connectivity index (χ1) is 8.93. The minimum atomic E-state index is -2.56.